The van der Waals surface area contributed by atoms with E-state index in [1.807, 2.05) is 0 Å². The minimum absolute atomic E-state index is 0.223. The van der Waals surface area contributed by atoms with Crippen LogP contribution < -0.4 is 9.47 Å². The molecule has 0 radical (unpaired) electrons. The second kappa shape index (κ2) is 10.3. The molecule has 0 saturated carbocycles. The number of benzene rings is 2. The van der Waals surface area contributed by atoms with Crippen LogP contribution in [0, 0.1) is 0 Å². The average molecular weight is 484 g/mol. The number of aliphatic hydroxyl groups is 8. The zero-order chi connectivity index (χ0) is 24.6. The summed E-state index contributed by atoms with van der Waals surface area (Å²) < 4.78 is 22.3. The first-order valence-electron chi connectivity index (χ1n) is 10.7. The van der Waals surface area contributed by atoms with Gasteiger partial charge in [-0.2, -0.15) is 0 Å². The number of hydrogen-bond acceptors (Lipinski definition) is 12. The summed E-state index contributed by atoms with van der Waals surface area (Å²) in [5.41, 5.74) is 0. The van der Waals surface area contributed by atoms with Crippen LogP contribution in [-0.2, 0) is 9.47 Å². The highest BCUT2D eigenvalue weighted by atomic mass is 16.7. The molecule has 0 amide bonds. The van der Waals surface area contributed by atoms with Crippen LogP contribution in [0.15, 0.2) is 36.4 Å². The van der Waals surface area contributed by atoms with Gasteiger partial charge >= 0.3 is 0 Å². The van der Waals surface area contributed by atoms with Crippen molar-refractivity contribution in [2.75, 3.05) is 13.2 Å². The highest BCUT2D eigenvalue weighted by molar-refractivity contribution is 5.93. The highest BCUT2D eigenvalue weighted by Gasteiger charge is 2.46. The average Bonchev–Trinajstić information content (AvgIpc) is 2.85. The van der Waals surface area contributed by atoms with Crippen molar-refractivity contribution in [1.82, 2.24) is 0 Å². The summed E-state index contributed by atoms with van der Waals surface area (Å²) in [5, 5.41) is 80.2. The number of fused-ring (bicyclic) bond motifs is 1. The lowest BCUT2D eigenvalue weighted by Gasteiger charge is -2.40. The maximum Gasteiger partial charge on any atom is 0.229 e. The molecule has 12 heteroatoms. The van der Waals surface area contributed by atoms with Gasteiger partial charge in [0.05, 0.1) is 13.2 Å². The smallest absolute Gasteiger partial charge is 0.229 e. The molecule has 10 atom stereocenters. The first kappa shape index (κ1) is 25.0. The van der Waals surface area contributed by atoms with E-state index < -0.39 is 74.6 Å². The summed E-state index contributed by atoms with van der Waals surface area (Å²) in [6.07, 6.45) is -14.5. The Hall–Kier alpha value is -2.10. The number of hydrogen-bond donors (Lipinski definition) is 8. The predicted molar refractivity (Wildman–Crippen MR) is 113 cm³/mol. The maximum atomic E-state index is 10.3. The van der Waals surface area contributed by atoms with Crippen LogP contribution in [-0.4, -0.2) is 115 Å². The second-order valence-corrected chi connectivity index (χ2v) is 8.24. The first-order chi connectivity index (χ1) is 16.3. The Labute approximate surface area is 193 Å². The van der Waals surface area contributed by atoms with Crippen molar-refractivity contribution >= 4 is 10.8 Å². The molecule has 34 heavy (non-hydrogen) atoms. The molecule has 188 valence electrons. The third kappa shape index (κ3) is 4.57. The Balaban J connectivity index is 1.60. The molecule has 0 unspecified atom stereocenters. The molecule has 2 aromatic carbocycles. The molecule has 2 saturated heterocycles. The number of rotatable bonds is 6. The molecule has 0 spiro atoms. The summed E-state index contributed by atoms with van der Waals surface area (Å²) in [7, 11) is 0. The number of aliphatic hydroxyl groups excluding tert-OH is 8. The van der Waals surface area contributed by atoms with Crippen LogP contribution in [0.5, 0.6) is 11.5 Å². The normalized spacial score (nSPS) is 38.6. The van der Waals surface area contributed by atoms with E-state index in [1.54, 1.807) is 24.3 Å². The molecule has 4 rings (SSSR count). The lowest BCUT2D eigenvalue weighted by Crippen LogP contribution is -2.60. The molecule has 2 fully saturated rings. The van der Waals surface area contributed by atoms with Gasteiger partial charge in [0.1, 0.15) is 60.3 Å². The van der Waals surface area contributed by atoms with E-state index >= 15 is 0 Å². The number of ether oxygens (including phenoxy) is 4. The van der Waals surface area contributed by atoms with E-state index in [1.165, 1.54) is 12.1 Å². The van der Waals surface area contributed by atoms with Crippen LogP contribution in [0.4, 0.5) is 0 Å². The van der Waals surface area contributed by atoms with Crippen molar-refractivity contribution in [1.29, 1.82) is 0 Å². The van der Waals surface area contributed by atoms with E-state index in [2.05, 4.69) is 0 Å². The van der Waals surface area contributed by atoms with Gasteiger partial charge in [-0.05, 0) is 12.1 Å². The van der Waals surface area contributed by atoms with Gasteiger partial charge in [0, 0.05) is 10.8 Å². The maximum absolute atomic E-state index is 10.3. The summed E-state index contributed by atoms with van der Waals surface area (Å²) >= 11 is 0. The molecule has 0 aromatic heterocycles. The van der Waals surface area contributed by atoms with Crippen LogP contribution >= 0.6 is 0 Å². The Bertz CT molecular complexity index is 892. The Morgan fingerprint density at radius 2 is 0.941 bits per heavy atom. The van der Waals surface area contributed by atoms with Crippen LogP contribution in [0.1, 0.15) is 0 Å². The van der Waals surface area contributed by atoms with E-state index in [0.29, 0.717) is 10.8 Å². The summed E-state index contributed by atoms with van der Waals surface area (Å²) in [6, 6.07) is 9.72. The summed E-state index contributed by atoms with van der Waals surface area (Å²) in [4.78, 5) is 0. The molecule has 2 heterocycles. The van der Waals surface area contributed by atoms with Gasteiger partial charge in [-0.15, -0.1) is 0 Å². The van der Waals surface area contributed by atoms with Crippen LogP contribution in [0.3, 0.4) is 0 Å². The lowest BCUT2D eigenvalue weighted by atomic mass is 9.99. The van der Waals surface area contributed by atoms with Gasteiger partial charge < -0.3 is 59.8 Å². The topological polar surface area (TPSA) is 199 Å². The van der Waals surface area contributed by atoms with Crippen molar-refractivity contribution in [3.05, 3.63) is 36.4 Å². The standard InChI is InChI=1S/C22H28O12/c23-7-13-15(25)17(27)19(29)21(33-13)31-11-5-6-12(10-4-2-1-3-9(10)11)32-22-20(30)18(28)16(26)14(8-24)34-22/h1-6,13-30H,7-8H2/t13-,14-,15+,16+,17-,18-,19-,20-,21-,22+/m1/s1. The molecular formula is C22H28O12. The van der Waals surface area contributed by atoms with Crippen molar-refractivity contribution in [3.63, 3.8) is 0 Å². The Kier molecular flexibility index (Phi) is 7.54. The van der Waals surface area contributed by atoms with Crippen LogP contribution in [0.25, 0.3) is 10.8 Å². The second-order valence-electron chi connectivity index (χ2n) is 8.24. The summed E-state index contributed by atoms with van der Waals surface area (Å²) in [5.74, 6) is 0.446. The minimum Gasteiger partial charge on any atom is -0.461 e. The third-order valence-corrected chi connectivity index (χ3v) is 6.03. The van der Waals surface area contributed by atoms with Gasteiger partial charge in [0.15, 0.2) is 0 Å². The van der Waals surface area contributed by atoms with Crippen molar-refractivity contribution < 1.29 is 59.8 Å². The van der Waals surface area contributed by atoms with Crippen LogP contribution in [0.2, 0.25) is 0 Å². The largest absolute Gasteiger partial charge is 0.461 e. The quantitative estimate of drug-likeness (QED) is 0.210. The molecule has 2 aliphatic heterocycles. The van der Waals surface area contributed by atoms with E-state index in [9.17, 15) is 40.9 Å². The van der Waals surface area contributed by atoms with Crippen molar-refractivity contribution in [2.45, 2.75) is 61.4 Å². The first-order valence-corrected chi connectivity index (χ1v) is 10.7. The highest BCUT2D eigenvalue weighted by Crippen LogP contribution is 2.36. The van der Waals surface area contributed by atoms with Gasteiger partial charge in [-0.25, -0.2) is 0 Å². The van der Waals surface area contributed by atoms with Crippen molar-refractivity contribution in [3.8, 4) is 11.5 Å². The molecule has 12 nitrogen and oxygen atoms in total. The predicted octanol–water partition coefficient (Wildman–Crippen LogP) is -2.80. The zero-order valence-electron chi connectivity index (χ0n) is 17.9. The fourth-order valence-corrected chi connectivity index (χ4v) is 4.03. The minimum atomic E-state index is -1.60. The van der Waals surface area contributed by atoms with Gasteiger partial charge in [-0.3, -0.25) is 0 Å². The fourth-order valence-electron chi connectivity index (χ4n) is 4.03. The Morgan fingerprint density at radius 1 is 0.559 bits per heavy atom. The van der Waals surface area contributed by atoms with Gasteiger partial charge in [0.25, 0.3) is 0 Å². The molecule has 2 aliphatic rings. The van der Waals surface area contributed by atoms with Gasteiger partial charge in [0.2, 0.25) is 12.6 Å². The summed E-state index contributed by atoms with van der Waals surface area (Å²) in [6.45, 7) is -1.20. The fraction of sp³-hybridized carbons (Fsp3) is 0.545. The molecule has 0 bridgehead atoms. The van der Waals surface area contributed by atoms with E-state index in [-0.39, 0.29) is 11.5 Å². The monoisotopic (exact) mass is 484 g/mol. The zero-order valence-corrected chi connectivity index (χ0v) is 17.9. The van der Waals surface area contributed by atoms with E-state index in [4.69, 9.17) is 18.9 Å². The van der Waals surface area contributed by atoms with Crippen molar-refractivity contribution in [2.24, 2.45) is 0 Å². The van der Waals surface area contributed by atoms with Gasteiger partial charge in [-0.1, -0.05) is 24.3 Å². The molecular weight excluding hydrogens is 456 g/mol. The molecule has 8 N–H and O–H groups in total. The molecule has 0 aliphatic carbocycles. The lowest BCUT2D eigenvalue weighted by molar-refractivity contribution is -0.277. The van der Waals surface area contributed by atoms with E-state index in [0.717, 1.165) is 0 Å². The Morgan fingerprint density at radius 3 is 1.29 bits per heavy atom. The third-order valence-electron chi connectivity index (χ3n) is 6.03. The SMILES string of the molecule is OC[C@H]1O[C@@H](Oc2ccc(O[C@H]3O[C@H](CO)[C@H](O)[C@@H](O)[C@H]3O)c3ccccc23)[C@H](O)[C@H](O)[C@H]1O. The molecule has 2 aromatic rings.